The standard InChI is InChI=1S/C12H8F2N2OS/c1-17-10-2-3-18-11(10)12-15-8-4-6(13)7(14)5-9(8)16-12/h2-5H,1H3,(H,15,16). The second-order valence-corrected chi connectivity index (χ2v) is 4.60. The first-order valence-electron chi connectivity index (χ1n) is 5.15. The second kappa shape index (κ2) is 4.06. The predicted molar refractivity (Wildman–Crippen MR) is 65.9 cm³/mol. The Morgan fingerprint density at radius 2 is 2.06 bits per heavy atom. The van der Waals surface area contributed by atoms with Gasteiger partial charge in [-0.1, -0.05) is 0 Å². The van der Waals surface area contributed by atoms with Crippen LogP contribution in [-0.2, 0) is 0 Å². The number of nitrogens with zero attached hydrogens (tertiary/aromatic N) is 1. The molecule has 0 spiro atoms. The van der Waals surface area contributed by atoms with Gasteiger partial charge in [-0.25, -0.2) is 13.8 Å². The minimum Gasteiger partial charge on any atom is -0.495 e. The minimum atomic E-state index is -0.904. The first-order chi connectivity index (χ1) is 8.69. The van der Waals surface area contributed by atoms with Crippen molar-refractivity contribution < 1.29 is 13.5 Å². The summed E-state index contributed by atoms with van der Waals surface area (Å²) in [7, 11) is 1.56. The quantitative estimate of drug-likeness (QED) is 0.770. The summed E-state index contributed by atoms with van der Waals surface area (Å²) in [6.45, 7) is 0. The van der Waals surface area contributed by atoms with E-state index in [1.165, 1.54) is 11.3 Å². The molecule has 1 aromatic carbocycles. The Balaban J connectivity index is 2.19. The molecule has 0 bridgehead atoms. The Morgan fingerprint density at radius 3 is 2.83 bits per heavy atom. The van der Waals surface area contributed by atoms with Gasteiger partial charge in [0.1, 0.15) is 10.6 Å². The Labute approximate surface area is 105 Å². The van der Waals surface area contributed by atoms with Crippen LogP contribution < -0.4 is 4.74 Å². The highest BCUT2D eigenvalue weighted by atomic mass is 32.1. The highest BCUT2D eigenvalue weighted by Gasteiger charge is 2.13. The van der Waals surface area contributed by atoms with E-state index in [1.807, 2.05) is 11.4 Å². The van der Waals surface area contributed by atoms with Crippen molar-refractivity contribution in [3.05, 3.63) is 35.2 Å². The van der Waals surface area contributed by atoms with E-state index in [0.717, 1.165) is 17.0 Å². The van der Waals surface area contributed by atoms with E-state index in [-0.39, 0.29) is 0 Å². The van der Waals surface area contributed by atoms with Gasteiger partial charge in [-0.3, -0.25) is 0 Å². The van der Waals surface area contributed by atoms with E-state index >= 15 is 0 Å². The number of thiophene rings is 1. The van der Waals surface area contributed by atoms with E-state index in [4.69, 9.17) is 4.74 Å². The second-order valence-electron chi connectivity index (χ2n) is 3.69. The molecular weight excluding hydrogens is 258 g/mol. The third kappa shape index (κ3) is 1.65. The van der Waals surface area contributed by atoms with Crippen LogP contribution >= 0.6 is 11.3 Å². The monoisotopic (exact) mass is 266 g/mol. The van der Waals surface area contributed by atoms with Crippen molar-refractivity contribution in [1.82, 2.24) is 9.97 Å². The van der Waals surface area contributed by atoms with Gasteiger partial charge in [0.2, 0.25) is 0 Å². The number of nitrogens with one attached hydrogen (secondary N) is 1. The number of benzene rings is 1. The number of imidazole rings is 1. The molecule has 2 heterocycles. The predicted octanol–water partition coefficient (Wildman–Crippen LogP) is 3.58. The number of methoxy groups -OCH3 is 1. The molecule has 18 heavy (non-hydrogen) atoms. The fraction of sp³-hybridized carbons (Fsp3) is 0.0833. The Morgan fingerprint density at radius 1 is 1.28 bits per heavy atom. The Kier molecular flexibility index (Phi) is 2.52. The Bertz CT molecular complexity index is 681. The molecule has 0 unspecified atom stereocenters. The summed E-state index contributed by atoms with van der Waals surface area (Å²) in [6, 6.07) is 3.99. The first-order valence-corrected chi connectivity index (χ1v) is 6.03. The minimum absolute atomic E-state index is 0.388. The molecule has 3 aromatic rings. The number of fused-ring (bicyclic) bond motifs is 1. The van der Waals surface area contributed by atoms with Crippen molar-refractivity contribution >= 4 is 22.4 Å². The van der Waals surface area contributed by atoms with Gasteiger partial charge >= 0.3 is 0 Å². The Hall–Kier alpha value is -1.95. The van der Waals surface area contributed by atoms with Crippen LogP contribution in [0, 0.1) is 11.6 Å². The fourth-order valence-electron chi connectivity index (χ4n) is 1.74. The number of halogens is 2. The van der Waals surface area contributed by atoms with Gasteiger partial charge in [-0.15, -0.1) is 11.3 Å². The van der Waals surface area contributed by atoms with Gasteiger partial charge < -0.3 is 9.72 Å². The summed E-state index contributed by atoms with van der Waals surface area (Å²) >= 11 is 1.44. The molecule has 1 N–H and O–H groups in total. The van der Waals surface area contributed by atoms with Crippen molar-refractivity contribution in [2.24, 2.45) is 0 Å². The van der Waals surface area contributed by atoms with Crippen LogP contribution in [0.15, 0.2) is 23.6 Å². The number of hydrogen-bond donors (Lipinski definition) is 1. The molecule has 0 aliphatic rings. The number of rotatable bonds is 2. The molecule has 0 saturated carbocycles. The molecule has 3 nitrogen and oxygen atoms in total. The maximum atomic E-state index is 13.1. The highest BCUT2D eigenvalue weighted by Crippen LogP contribution is 2.34. The molecule has 0 radical (unpaired) electrons. The van der Waals surface area contributed by atoms with Crippen molar-refractivity contribution in [3.8, 4) is 16.5 Å². The van der Waals surface area contributed by atoms with E-state index < -0.39 is 11.6 Å². The molecule has 0 saturated heterocycles. The van der Waals surface area contributed by atoms with E-state index in [9.17, 15) is 8.78 Å². The van der Waals surface area contributed by atoms with Gasteiger partial charge in [-0.2, -0.15) is 0 Å². The number of hydrogen-bond acceptors (Lipinski definition) is 3. The summed E-state index contributed by atoms with van der Waals surface area (Å²) < 4.78 is 31.4. The van der Waals surface area contributed by atoms with Crippen LogP contribution in [0.1, 0.15) is 0 Å². The fourth-order valence-corrected chi connectivity index (χ4v) is 2.55. The molecule has 0 amide bonds. The molecule has 0 aliphatic heterocycles. The van der Waals surface area contributed by atoms with Crippen LogP contribution in [-0.4, -0.2) is 17.1 Å². The van der Waals surface area contributed by atoms with Gasteiger partial charge in [0, 0.05) is 12.1 Å². The SMILES string of the molecule is COc1ccsc1-c1nc2cc(F)c(F)cc2[nH]1. The zero-order valence-electron chi connectivity index (χ0n) is 9.33. The van der Waals surface area contributed by atoms with E-state index in [1.54, 1.807) is 7.11 Å². The summed E-state index contributed by atoms with van der Waals surface area (Å²) in [5, 5.41) is 1.86. The maximum absolute atomic E-state index is 13.1. The average molecular weight is 266 g/mol. The summed E-state index contributed by atoms with van der Waals surface area (Å²) in [4.78, 5) is 7.99. The lowest BCUT2D eigenvalue weighted by Gasteiger charge is -1.97. The van der Waals surface area contributed by atoms with E-state index in [0.29, 0.717) is 22.6 Å². The molecule has 0 fully saturated rings. The summed E-state index contributed by atoms with van der Waals surface area (Å²) in [6.07, 6.45) is 0. The zero-order chi connectivity index (χ0) is 12.7. The zero-order valence-corrected chi connectivity index (χ0v) is 10.1. The summed E-state index contributed by atoms with van der Waals surface area (Å²) in [5.74, 6) is -0.573. The molecule has 2 aromatic heterocycles. The normalized spacial score (nSPS) is 11.1. The van der Waals surface area contributed by atoms with Crippen LogP contribution in [0.3, 0.4) is 0 Å². The van der Waals surface area contributed by atoms with Gasteiger partial charge in [0.05, 0.1) is 18.1 Å². The number of H-pyrrole nitrogens is 1. The van der Waals surface area contributed by atoms with Crippen molar-refractivity contribution in [3.63, 3.8) is 0 Å². The first kappa shape index (κ1) is 11.2. The third-order valence-corrected chi connectivity index (χ3v) is 3.49. The molecule has 6 heteroatoms. The van der Waals surface area contributed by atoms with Crippen molar-refractivity contribution in [2.75, 3.05) is 7.11 Å². The van der Waals surface area contributed by atoms with Gasteiger partial charge in [0.25, 0.3) is 0 Å². The van der Waals surface area contributed by atoms with Crippen LogP contribution in [0.5, 0.6) is 5.75 Å². The van der Waals surface area contributed by atoms with Crippen molar-refractivity contribution in [1.29, 1.82) is 0 Å². The van der Waals surface area contributed by atoms with Crippen LogP contribution in [0.2, 0.25) is 0 Å². The van der Waals surface area contributed by atoms with Crippen molar-refractivity contribution in [2.45, 2.75) is 0 Å². The van der Waals surface area contributed by atoms with E-state index in [2.05, 4.69) is 9.97 Å². The molecule has 0 aliphatic carbocycles. The van der Waals surface area contributed by atoms with Gasteiger partial charge in [0.15, 0.2) is 17.5 Å². The molecule has 0 atom stereocenters. The van der Waals surface area contributed by atoms with Gasteiger partial charge in [-0.05, 0) is 11.4 Å². The molecule has 3 rings (SSSR count). The number of aromatic amines is 1. The largest absolute Gasteiger partial charge is 0.495 e. The number of aromatic nitrogens is 2. The third-order valence-electron chi connectivity index (χ3n) is 2.59. The molecular formula is C12H8F2N2OS. The maximum Gasteiger partial charge on any atom is 0.161 e. The average Bonchev–Trinajstić information content (AvgIpc) is 2.95. The van der Waals surface area contributed by atoms with Crippen LogP contribution in [0.25, 0.3) is 21.7 Å². The van der Waals surface area contributed by atoms with Crippen LogP contribution in [0.4, 0.5) is 8.78 Å². The lowest BCUT2D eigenvalue weighted by Crippen LogP contribution is -1.83. The molecule has 92 valence electrons. The lowest BCUT2D eigenvalue weighted by atomic mass is 10.3. The summed E-state index contributed by atoms with van der Waals surface area (Å²) in [5.41, 5.74) is 0.846. The topological polar surface area (TPSA) is 37.9 Å². The smallest absolute Gasteiger partial charge is 0.161 e. The highest BCUT2D eigenvalue weighted by molar-refractivity contribution is 7.13. The lowest BCUT2D eigenvalue weighted by molar-refractivity contribution is 0.418. The number of ether oxygens (including phenoxy) is 1.